The lowest BCUT2D eigenvalue weighted by atomic mass is 9.89. The Kier molecular flexibility index (Phi) is 3.28. The first kappa shape index (κ1) is 11.6. The van der Waals surface area contributed by atoms with E-state index in [-0.39, 0.29) is 0 Å². The van der Waals surface area contributed by atoms with Crippen molar-refractivity contribution < 1.29 is 9.90 Å². The fourth-order valence-electron chi connectivity index (χ4n) is 2.13. The molecule has 1 aromatic heterocycles. The van der Waals surface area contributed by atoms with Crippen LogP contribution in [0.15, 0.2) is 0 Å². The second-order valence-corrected chi connectivity index (χ2v) is 5.90. The van der Waals surface area contributed by atoms with Crippen molar-refractivity contribution in [3.05, 3.63) is 15.6 Å². The average Bonchev–Trinajstić information content (AvgIpc) is 2.59. The van der Waals surface area contributed by atoms with Crippen molar-refractivity contribution in [1.82, 2.24) is 4.98 Å². The maximum absolute atomic E-state index is 10.7. The number of carboxylic acids is 1. The number of nitrogens with zero attached hydrogens (tertiary/aromatic N) is 1. The zero-order chi connectivity index (χ0) is 11.7. The van der Waals surface area contributed by atoms with Gasteiger partial charge in [0.15, 0.2) is 0 Å². The molecule has 0 saturated heterocycles. The molecule has 0 fully saturated rings. The number of thiazole rings is 1. The fraction of sp³-hybridized carbons (Fsp3) is 0.667. The Labute approximate surface area is 99.5 Å². The van der Waals surface area contributed by atoms with E-state index < -0.39 is 5.97 Å². The number of hydrogen-bond acceptors (Lipinski definition) is 3. The van der Waals surface area contributed by atoms with E-state index in [0.29, 0.717) is 18.3 Å². The van der Waals surface area contributed by atoms with Crippen molar-refractivity contribution in [2.45, 2.75) is 45.4 Å². The number of carboxylic acid groups (broad SMARTS) is 1. The molecule has 0 spiro atoms. The van der Waals surface area contributed by atoms with E-state index in [9.17, 15) is 4.79 Å². The number of aryl methyl sites for hydroxylation is 1. The summed E-state index contributed by atoms with van der Waals surface area (Å²) in [6.07, 6.45) is 3.14. The van der Waals surface area contributed by atoms with Gasteiger partial charge in [-0.2, -0.15) is 0 Å². The molecule has 0 radical (unpaired) electrons. The maximum Gasteiger partial charge on any atom is 0.303 e. The first-order chi connectivity index (χ1) is 7.56. The Morgan fingerprint density at radius 3 is 3.00 bits per heavy atom. The molecule has 1 unspecified atom stereocenters. The van der Waals surface area contributed by atoms with Gasteiger partial charge in [-0.3, -0.25) is 4.79 Å². The minimum atomic E-state index is -0.679. The van der Waals surface area contributed by atoms with Gasteiger partial charge in [-0.15, -0.1) is 11.3 Å². The molecule has 0 saturated carbocycles. The first-order valence-corrected chi connectivity index (χ1v) is 6.58. The highest BCUT2D eigenvalue weighted by Gasteiger charge is 2.24. The minimum absolute atomic E-state index is 0.300. The van der Waals surface area contributed by atoms with Crippen LogP contribution in [-0.2, 0) is 17.6 Å². The van der Waals surface area contributed by atoms with Crippen LogP contribution in [0.2, 0.25) is 0 Å². The van der Waals surface area contributed by atoms with Crippen molar-refractivity contribution >= 4 is 17.3 Å². The summed E-state index contributed by atoms with van der Waals surface area (Å²) in [5.41, 5.74) is 1.22. The van der Waals surface area contributed by atoms with Crippen LogP contribution in [-0.4, -0.2) is 16.1 Å². The molecule has 3 nitrogen and oxygen atoms in total. The first-order valence-electron chi connectivity index (χ1n) is 5.76. The largest absolute Gasteiger partial charge is 0.481 e. The molecule has 1 heterocycles. The van der Waals surface area contributed by atoms with Gasteiger partial charge in [-0.1, -0.05) is 13.8 Å². The molecule has 1 N–H and O–H groups in total. The van der Waals surface area contributed by atoms with E-state index in [0.717, 1.165) is 19.3 Å². The van der Waals surface area contributed by atoms with Gasteiger partial charge >= 0.3 is 5.97 Å². The predicted octanol–water partition coefficient (Wildman–Crippen LogP) is 2.85. The normalized spacial score (nSPS) is 19.8. The van der Waals surface area contributed by atoms with Gasteiger partial charge < -0.3 is 5.11 Å². The number of rotatable bonds is 3. The molecule has 1 aliphatic carbocycles. The standard InChI is InChI=1S/C12H17NO2S/c1-7(2)12-13-9-4-3-8(6-11(14)15)5-10(9)16-12/h7-8H,3-6H2,1-2H3,(H,14,15). The van der Waals surface area contributed by atoms with Crippen LogP contribution in [0.5, 0.6) is 0 Å². The topological polar surface area (TPSA) is 50.2 Å². The molecule has 16 heavy (non-hydrogen) atoms. The molecule has 0 amide bonds. The summed E-state index contributed by atoms with van der Waals surface area (Å²) >= 11 is 1.77. The predicted molar refractivity (Wildman–Crippen MR) is 64.0 cm³/mol. The number of carbonyl (C=O) groups is 1. The lowest BCUT2D eigenvalue weighted by Gasteiger charge is -2.18. The zero-order valence-electron chi connectivity index (χ0n) is 9.69. The molecule has 0 aliphatic heterocycles. The highest BCUT2D eigenvalue weighted by atomic mass is 32.1. The Morgan fingerprint density at radius 1 is 1.62 bits per heavy atom. The maximum atomic E-state index is 10.7. The lowest BCUT2D eigenvalue weighted by Crippen LogP contribution is -2.16. The van der Waals surface area contributed by atoms with Crippen LogP contribution in [0, 0.1) is 5.92 Å². The Bertz CT molecular complexity index is 398. The van der Waals surface area contributed by atoms with Gasteiger partial charge in [0, 0.05) is 17.2 Å². The van der Waals surface area contributed by atoms with Gasteiger partial charge in [-0.05, 0) is 25.2 Å². The van der Waals surface area contributed by atoms with E-state index in [4.69, 9.17) is 5.11 Å². The summed E-state index contributed by atoms with van der Waals surface area (Å²) in [4.78, 5) is 16.6. The number of aliphatic carboxylic acids is 1. The molecule has 88 valence electrons. The molecule has 1 atom stereocenters. The van der Waals surface area contributed by atoms with Crippen LogP contribution in [0.25, 0.3) is 0 Å². The van der Waals surface area contributed by atoms with Crippen molar-refractivity contribution in [3.63, 3.8) is 0 Å². The molecule has 0 aromatic carbocycles. The molecule has 2 rings (SSSR count). The molecule has 0 bridgehead atoms. The molecular weight excluding hydrogens is 222 g/mol. The molecule has 4 heteroatoms. The third-order valence-corrected chi connectivity index (χ3v) is 4.44. The highest BCUT2D eigenvalue weighted by molar-refractivity contribution is 7.11. The average molecular weight is 239 g/mol. The van der Waals surface area contributed by atoms with Gasteiger partial charge in [-0.25, -0.2) is 4.98 Å². The van der Waals surface area contributed by atoms with Crippen molar-refractivity contribution in [3.8, 4) is 0 Å². The minimum Gasteiger partial charge on any atom is -0.481 e. The van der Waals surface area contributed by atoms with Crippen LogP contribution in [0.4, 0.5) is 0 Å². The lowest BCUT2D eigenvalue weighted by molar-refractivity contribution is -0.138. The van der Waals surface area contributed by atoms with E-state index in [1.807, 2.05) is 0 Å². The van der Waals surface area contributed by atoms with Crippen LogP contribution >= 0.6 is 11.3 Å². The number of aromatic nitrogens is 1. The summed E-state index contributed by atoms with van der Waals surface area (Å²) in [5.74, 6) is 0.112. The summed E-state index contributed by atoms with van der Waals surface area (Å²) in [6.45, 7) is 4.30. The Morgan fingerprint density at radius 2 is 2.38 bits per heavy atom. The Hall–Kier alpha value is -0.900. The van der Waals surface area contributed by atoms with E-state index in [1.165, 1.54) is 15.6 Å². The monoisotopic (exact) mass is 239 g/mol. The second-order valence-electron chi connectivity index (χ2n) is 4.78. The summed E-state index contributed by atoms with van der Waals surface area (Å²) in [7, 11) is 0. The van der Waals surface area contributed by atoms with Crippen molar-refractivity contribution in [2.75, 3.05) is 0 Å². The van der Waals surface area contributed by atoms with Crippen LogP contribution in [0.3, 0.4) is 0 Å². The van der Waals surface area contributed by atoms with Gasteiger partial charge in [0.05, 0.1) is 10.7 Å². The van der Waals surface area contributed by atoms with Crippen LogP contribution < -0.4 is 0 Å². The second kappa shape index (κ2) is 4.53. The third kappa shape index (κ3) is 2.43. The molecule has 1 aromatic rings. The smallest absolute Gasteiger partial charge is 0.303 e. The van der Waals surface area contributed by atoms with Crippen molar-refractivity contribution in [2.24, 2.45) is 5.92 Å². The number of fused-ring (bicyclic) bond motifs is 1. The Balaban J connectivity index is 2.11. The van der Waals surface area contributed by atoms with Crippen LogP contribution in [0.1, 0.15) is 48.2 Å². The van der Waals surface area contributed by atoms with Crippen molar-refractivity contribution in [1.29, 1.82) is 0 Å². The summed E-state index contributed by atoms with van der Waals surface area (Å²) in [6, 6.07) is 0. The van der Waals surface area contributed by atoms with Gasteiger partial charge in [0.1, 0.15) is 0 Å². The fourth-order valence-corrected chi connectivity index (χ4v) is 3.36. The zero-order valence-corrected chi connectivity index (χ0v) is 10.5. The summed E-state index contributed by atoms with van der Waals surface area (Å²) < 4.78 is 0. The highest BCUT2D eigenvalue weighted by Crippen LogP contribution is 2.33. The van der Waals surface area contributed by atoms with Gasteiger partial charge in [0.2, 0.25) is 0 Å². The quantitative estimate of drug-likeness (QED) is 0.882. The van der Waals surface area contributed by atoms with Gasteiger partial charge in [0.25, 0.3) is 0 Å². The third-order valence-electron chi connectivity index (χ3n) is 3.02. The van der Waals surface area contributed by atoms with E-state index in [1.54, 1.807) is 11.3 Å². The number of hydrogen-bond donors (Lipinski definition) is 1. The summed E-state index contributed by atoms with van der Waals surface area (Å²) in [5, 5.41) is 9.99. The molecular formula is C12H17NO2S. The SMILES string of the molecule is CC(C)c1nc2c(s1)CC(CC(=O)O)CC2. The van der Waals surface area contributed by atoms with E-state index in [2.05, 4.69) is 18.8 Å². The van der Waals surface area contributed by atoms with E-state index >= 15 is 0 Å². The molecule has 1 aliphatic rings.